The number of benzene rings is 1. The van der Waals surface area contributed by atoms with Crippen LogP contribution in [0.15, 0.2) is 12.1 Å². The maximum absolute atomic E-state index is 12.5. The Bertz CT molecular complexity index is 834. The van der Waals surface area contributed by atoms with Crippen LogP contribution in [0.4, 0.5) is 16.2 Å². The van der Waals surface area contributed by atoms with Gasteiger partial charge in [-0.25, -0.2) is 4.79 Å². The molecule has 0 radical (unpaired) electrons. The summed E-state index contributed by atoms with van der Waals surface area (Å²) in [7, 11) is 0. The Balaban J connectivity index is 2.14. The van der Waals surface area contributed by atoms with E-state index < -0.39 is 29.5 Å². The van der Waals surface area contributed by atoms with Gasteiger partial charge in [0.1, 0.15) is 17.3 Å². The van der Waals surface area contributed by atoms with E-state index in [1.807, 2.05) is 0 Å². The molecule has 1 aliphatic rings. The number of phenolic OH excluding ortho intramolecular Hbond substituents is 1. The van der Waals surface area contributed by atoms with Gasteiger partial charge in [-0.15, -0.1) is 0 Å². The molecule has 0 saturated carbocycles. The van der Waals surface area contributed by atoms with E-state index in [0.29, 0.717) is 17.7 Å². The molecule has 1 heterocycles. The molecule has 0 aliphatic carbocycles. The monoisotopic (exact) mass is 423 g/mol. The summed E-state index contributed by atoms with van der Waals surface area (Å²) < 4.78 is 10.1. The van der Waals surface area contributed by atoms with E-state index in [2.05, 4.69) is 16.0 Å². The summed E-state index contributed by atoms with van der Waals surface area (Å²) >= 11 is 5.02. The largest absolute Gasteiger partial charge is 0.506 e. The van der Waals surface area contributed by atoms with Gasteiger partial charge in [0.25, 0.3) is 0 Å². The van der Waals surface area contributed by atoms with Crippen molar-refractivity contribution in [1.29, 1.82) is 0 Å². The number of thiocarbonyl (C=S) groups is 1. The number of hydrogen-bond acceptors (Lipinski definition) is 7. The number of carbonyl (C=O) groups is 3. The zero-order valence-corrected chi connectivity index (χ0v) is 17.6. The lowest BCUT2D eigenvalue weighted by atomic mass is 9.99. The second-order valence-corrected chi connectivity index (χ2v) is 7.85. The summed E-state index contributed by atoms with van der Waals surface area (Å²) in [5, 5.41) is 17.9. The molecule has 0 fully saturated rings. The Hall–Kier alpha value is -2.88. The number of aromatic hydroxyl groups is 1. The minimum absolute atomic E-state index is 0.0528. The van der Waals surface area contributed by atoms with Gasteiger partial charge < -0.3 is 25.2 Å². The molecule has 10 heteroatoms. The molecule has 158 valence electrons. The zero-order chi connectivity index (χ0) is 21.8. The first-order valence-corrected chi connectivity index (χ1v) is 9.55. The highest BCUT2D eigenvalue weighted by atomic mass is 32.1. The number of amides is 2. The zero-order valence-electron chi connectivity index (χ0n) is 16.8. The summed E-state index contributed by atoms with van der Waals surface area (Å²) in [5.41, 5.74) is 0.639. The molecule has 0 saturated heterocycles. The van der Waals surface area contributed by atoms with Gasteiger partial charge in [0, 0.05) is 11.8 Å². The standard InChI is InChI=1S/C19H25N3O6S/c1-5-27-18(26)22-17(29)21-13-8-10-6-7-11(16(25)28-19(2,3)4)15(24)20-12(10)9-14(13)23/h8-9,11,23H,5-7H2,1-4H3,(H,20,24)(H2,21,22,26,29). The fourth-order valence-corrected chi connectivity index (χ4v) is 2.91. The van der Waals surface area contributed by atoms with Gasteiger partial charge in [-0.05, 0) is 64.4 Å². The van der Waals surface area contributed by atoms with Crippen molar-refractivity contribution < 1.29 is 29.0 Å². The van der Waals surface area contributed by atoms with Gasteiger partial charge in [-0.2, -0.15) is 0 Å². The summed E-state index contributed by atoms with van der Waals surface area (Å²) in [5.74, 6) is -2.22. The van der Waals surface area contributed by atoms with Crippen molar-refractivity contribution in [2.24, 2.45) is 5.92 Å². The predicted molar refractivity (Wildman–Crippen MR) is 111 cm³/mol. The van der Waals surface area contributed by atoms with Gasteiger partial charge in [0.05, 0.1) is 12.3 Å². The van der Waals surface area contributed by atoms with Crippen LogP contribution in [0.2, 0.25) is 0 Å². The van der Waals surface area contributed by atoms with Crippen LogP contribution in [0.5, 0.6) is 5.75 Å². The Kier molecular flexibility index (Phi) is 7.02. The van der Waals surface area contributed by atoms with Crippen LogP contribution in [0.1, 0.15) is 39.7 Å². The Labute approximate surface area is 174 Å². The first-order valence-electron chi connectivity index (χ1n) is 9.14. The Morgan fingerprint density at radius 3 is 2.66 bits per heavy atom. The average Bonchev–Trinajstić information content (AvgIpc) is 2.72. The van der Waals surface area contributed by atoms with Crippen molar-refractivity contribution in [1.82, 2.24) is 5.32 Å². The number of anilines is 2. The van der Waals surface area contributed by atoms with Gasteiger partial charge in [0.2, 0.25) is 5.91 Å². The fraction of sp³-hybridized carbons (Fsp3) is 0.474. The van der Waals surface area contributed by atoms with E-state index >= 15 is 0 Å². The topological polar surface area (TPSA) is 126 Å². The predicted octanol–water partition coefficient (Wildman–Crippen LogP) is 2.68. The lowest BCUT2D eigenvalue weighted by Gasteiger charge is -2.22. The second kappa shape index (κ2) is 9.08. The summed E-state index contributed by atoms with van der Waals surface area (Å²) in [4.78, 5) is 36.2. The van der Waals surface area contributed by atoms with E-state index in [-0.39, 0.29) is 29.6 Å². The number of nitrogens with one attached hydrogen (secondary N) is 3. The van der Waals surface area contributed by atoms with Crippen molar-refractivity contribution in [3.05, 3.63) is 17.7 Å². The van der Waals surface area contributed by atoms with E-state index in [1.165, 1.54) is 6.07 Å². The van der Waals surface area contributed by atoms with Crippen LogP contribution in [0.25, 0.3) is 0 Å². The molecule has 2 amide bonds. The van der Waals surface area contributed by atoms with Crippen molar-refractivity contribution >= 4 is 46.7 Å². The smallest absolute Gasteiger partial charge is 0.413 e. The van der Waals surface area contributed by atoms with E-state index in [0.717, 1.165) is 0 Å². The van der Waals surface area contributed by atoms with Crippen LogP contribution >= 0.6 is 12.2 Å². The Morgan fingerprint density at radius 2 is 2.03 bits per heavy atom. The Morgan fingerprint density at radius 1 is 1.34 bits per heavy atom. The average molecular weight is 423 g/mol. The highest BCUT2D eigenvalue weighted by Gasteiger charge is 2.33. The maximum atomic E-state index is 12.5. The minimum Gasteiger partial charge on any atom is -0.506 e. The molecule has 29 heavy (non-hydrogen) atoms. The third-order valence-corrected chi connectivity index (χ3v) is 4.13. The van der Waals surface area contributed by atoms with Gasteiger partial charge in [0.15, 0.2) is 5.11 Å². The molecule has 0 aromatic heterocycles. The second-order valence-electron chi connectivity index (χ2n) is 7.44. The fourth-order valence-electron chi connectivity index (χ4n) is 2.72. The molecule has 1 atom stereocenters. The first-order chi connectivity index (χ1) is 13.5. The minimum atomic E-state index is -0.952. The number of aryl methyl sites for hydroxylation is 1. The molecule has 0 bridgehead atoms. The number of carbonyl (C=O) groups excluding carboxylic acids is 3. The summed E-state index contributed by atoms with van der Waals surface area (Å²) in [6, 6.07) is 2.96. The van der Waals surface area contributed by atoms with Gasteiger partial charge >= 0.3 is 12.1 Å². The van der Waals surface area contributed by atoms with Crippen molar-refractivity contribution in [3.8, 4) is 5.75 Å². The normalized spacial score (nSPS) is 16.0. The number of esters is 1. The number of fused-ring (bicyclic) bond motifs is 1. The van der Waals surface area contributed by atoms with Crippen LogP contribution in [0.3, 0.4) is 0 Å². The molecule has 4 N–H and O–H groups in total. The molecule has 0 spiro atoms. The molecular formula is C19H25N3O6S. The van der Waals surface area contributed by atoms with Crippen LogP contribution in [-0.4, -0.2) is 40.4 Å². The van der Waals surface area contributed by atoms with Crippen LogP contribution in [-0.2, 0) is 25.5 Å². The molecule has 9 nitrogen and oxygen atoms in total. The van der Waals surface area contributed by atoms with Crippen LogP contribution < -0.4 is 16.0 Å². The molecular weight excluding hydrogens is 398 g/mol. The third-order valence-electron chi connectivity index (χ3n) is 3.93. The molecule has 1 aliphatic heterocycles. The van der Waals surface area contributed by atoms with Crippen LogP contribution in [0, 0.1) is 5.92 Å². The van der Waals surface area contributed by atoms with Crippen molar-refractivity contribution in [3.63, 3.8) is 0 Å². The number of ether oxygens (including phenoxy) is 2. The maximum Gasteiger partial charge on any atom is 0.413 e. The number of alkyl carbamates (subject to hydrolysis) is 1. The lowest BCUT2D eigenvalue weighted by Crippen LogP contribution is -2.35. The summed E-state index contributed by atoms with van der Waals surface area (Å²) in [6.07, 6.45) is -0.0687. The van der Waals surface area contributed by atoms with E-state index in [1.54, 1.807) is 33.8 Å². The SMILES string of the molecule is CCOC(=O)NC(=S)Nc1cc2c(cc1O)NC(=O)C(C(=O)OC(C)(C)C)CC2. The summed E-state index contributed by atoms with van der Waals surface area (Å²) in [6.45, 7) is 7.05. The highest BCUT2D eigenvalue weighted by molar-refractivity contribution is 7.80. The molecule has 2 rings (SSSR count). The molecule has 1 aromatic carbocycles. The van der Waals surface area contributed by atoms with Gasteiger partial charge in [-0.3, -0.25) is 14.9 Å². The van der Waals surface area contributed by atoms with E-state index in [9.17, 15) is 19.5 Å². The van der Waals surface area contributed by atoms with E-state index in [4.69, 9.17) is 21.7 Å². The third kappa shape index (κ3) is 6.31. The number of phenols is 1. The highest BCUT2D eigenvalue weighted by Crippen LogP contribution is 2.34. The van der Waals surface area contributed by atoms with Gasteiger partial charge in [-0.1, -0.05) is 0 Å². The number of rotatable bonds is 3. The molecule has 1 aromatic rings. The van der Waals surface area contributed by atoms with Crippen molar-refractivity contribution in [2.45, 2.75) is 46.1 Å². The quantitative estimate of drug-likeness (QED) is 0.253. The lowest BCUT2D eigenvalue weighted by molar-refractivity contribution is -0.161. The van der Waals surface area contributed by atoms with Crippen molar-refractivity contribution in [2.75, 3.05) is 17.2 Å². The molecule has 1 unspecified atom stereocenters. The first kappa shape index (κ1) is 22.4. The number of hydrogen-bond donors (Lipinski definition) is 4.